The topological polar surface area (TPSA) is 77.1 Å². The second-order valence-electron chi connectivity index (χ2n) is 7.91. The lowest BCUT2D eigenvalue weighted by Gasteiger charge is -2.23. The Morgan fingerprint density at radius 2 is 2.09 bits per heavy atom. The Morgan fingerprint density at radius 1 is 1.27 bits per heavy atom. The minimum atomic E-state index is -0.321. The van der Waals surface area contributed by atoms with Crippen molar-refractivity contribution in [1.29, 1.82) is 5.26 Å². The molecular weight excluding hydrogens is 410 g/mol. The summed E-state index contributed by atoms with van der Waals surface area (Å²) in [7, 11) is 1.98. The highest BCUT2D eigenvalue weighted by Gasteiger charge is 2.34. The zero-order valence-corrected chi connectivity index (χ0v) is 18.6. The summed E-state index contributed by atoms with van der Waals surface area (Å²) in [6, 6.07) is 12.3. The highest BCUT2D eigenvalue weighted by molar-refractivity contribution is 5.47. The minimum Gasteiger partial charge on any atom is -0.504 e. The molecule has 6 nitrogen and oxygen atoms in total. The molecule has 2 aliphatic rings. The fourth-order valence-corrected chi connectivity index (χ4v) is 4.06. The molecule has 0 fully saturated rings. The summed E-state index contributed by atoms with van der Waals surface area (Å²) in [5, 5.41) is 28.9. The Kier molecular flexibility index (Phi) is 6.61. The van der Waals surface area contributed by atoms with E-state index in [4.69, 9.17) is 5.10 Å². The number of nitrogens with zero attached hydrogens (tertiary/aromatic N) is 4. The normalized spacial score (nSPS) is 17.8. The molecule has 0 bridgehead atoms. The monoisotopic (exact) mass is 437 g/mol. The Hall–Kier alpha value is -4.24. The van der Waals surface area contributed by atoms with E-state index in [1.165, 1.54) is 0 Å². The van der Waals surface area contributed by atoms with E-state index in [1.54, 1.807) is 6.08 Å². The van der Waals surface area contributed by atoms with Gasteiger partial charge in [0.15, 0.2) is 5.75 Å². The number of hydrogen-bond acceptors (Lipinski definition) is 5. The van der Waals surface area contributed by atoms with Gasteiger partial charge in [0, 0.05) is 25.6 Å². The van der Waals surface area contributed by atoms with Crippen LogP contribution in [0.2, 0.25) is 0 Å². The Morgan fingerprint density at radius 3 is 2.85 bits per heavy atom. The molecule has 6 heteroatoms. The van der Waals surface area contributed by atoms with Crippen LogP contribution in [-0.4, -0.2) is 26.8 Å². The highest BCUT2D eigenvalue weighted by Crippen LogP contribution is 2.38. The molecule has 1 aliphatic carbocycles. The number of nitrogens with one attached hydrogen (secondary N) is 1. The first-order valence-corrected chi connectivity index (χ1v) is 10.9. The van der Waals surface area contributed by atoms with E-state index in [-0.39, 0.29) is 11.9 Å². The third-order valence-electron chi connectivity index (χ3n) is 5.75. The summed E-state index contributed by atoms with van der Waals surface area (Å²) in [5.74, 6) is 0.185. The van der Waals surface area contributed by atoms with Gasteiger partial charge in [-0.25, -0.2) is 0 Å². The van der Waals surface area contributed by atoms with Crippen molar-refractivity contribution in [3.05, 3.63) is 119 Å². The molecule has 166 valence electrons. The van der Waals surface area contributed by atoms with Gasteiger partial charge < -0.3 is 15.3 Å². The van der Waals surface area contributed by atoms with Crippen LogP contribution in [0, 0.1) is 11.3 Å². The molecule has 4 rings (SSSR count). The quantitative estimate of drug-likeness (QED) is 0.618. The smallest absolute Gasteiger partial charge is 0.164 e. The van der Waals surface area contributed by atoms with Crippen molar-refractivity contribution >= 4 is 0 Å². The molecule has 1 atom stereocenters. The Labute approximate surface area is 194 Å². The molecule has 1 unspecified atom stereocenters. The first-order chi connectivity index (χ1) is 16.1. The van der Waals surface area contributed by atoms with Crippen molar-refractivity contribution < 1.29 is 5.11 Å². The molecule has 0 saturated carbocycles. The number of rotatable bonds is 7. The molecule has 0 radical (unpaired) electrons. The Balaban J connectivity index is 1.67. The summed E-state index contributed by atoms with van der Waals surface area (Å²) in [4.78, 5) is 2.08. The lowest BCUT2D eigenvalue weighted by atomic mass is 10.2. The van der Waals surface area contributed by atoms with Crippen molar-refractivity contribution in [2.24, 2.45) is 0 Å². The van der Waals surface area contributed by atoms with Crippen molar-refractivity contribution in [2.45, 2.75) is 25.6 Å². The van der Waals surface area contributed by atoms with Gasteiger partial charge in [0.05, 0.1) is 29.6 Å². The summed E-state index contributed by atoms with van der Waals surface area (Å²) >= 11 is 0. The van der Waals surface area contributed by atoms with Crippen LogP contribution in [0.15, 0.2) is 102 Å². The fraction of sp³-hybridized carbons (Fsp3) is 0.185. The maximum absolute atomic E-state index is 11.2. The highest BCUT2D eigenvalue weighted by atomic mass is 16.3. The van der Waals surface area contributed by atoms with E-state index in [9.17, 15) is 10.4 Å². The van der Waals surface area contributed by atoms with E-state index >= 15 is 0 Å². The Bertz CT molecular complexity index is 1220. The van der Waals surface area contributed by atoms with E-state index in [0.717, 1.165) is 22.7 Å². The zero-order chi connectivity index (χ0) is 23.2. The molecule has 2 aromatic rings. The van der Waals surface area contributed by atoms with Gasteiger partial charge in [-0.2, -0.15) is 10.4 Å². The number of allylic oxidation sites excluding steroid dienone is 9. The molecule has 2 heterocycles. The number of aromatic nitrogens is 2. The molecule has 1 aliphatic heterocycles. The van der Waals surface area contributed by atoms with Crippen LogP contribution in [-0.2, 0) is 13.0 Å². The maximum Gasteiger partial charge on any atom is 0.164 e. The molecule has 1 aromatic heterocycles. The molecule has 2 N–H and O–H groups in total. The molecule has 33 heavy (non-hydrogen) atoms. The van der Waals surface area contributed by atoms with Gasteiger partial charge in [0.2, 0.25) is 0 Å². The van der Waals surface area contributed by atoms with Gasteiger partial charge >= 0.3 is 0 Å². The van der Waals surface area contributed by atoms with Crippen LogP contribution in [0.5, 0.6) is 5.75 Å². The SMILES string of the molecule is C=C/C=C\C=C/Cc1c(O)c(C2NC3=C(CC=CC(C#N)=C3)N2C)nn1Cc1ccccc1. The number of benzene rings is 1. The average molecular weight is 438 g/mol. The van der Waals surface area contributed by atoms with Crippen LogP contribution in [0.4, 0.5) is 0 Å². The first-order valence-electron chi connectivity index (χ1n) is 10.9. The number of nitriles is 1. The van der Waals surface area contributed by atoms with Gasteiger partial charge in [-0.05, 0) is 17.7 Å². The largest absolute Gasteiger partial charge is 0.504 e. The van der Waals surface area contributed by atoms with Crippen molar-refractivity contribution in [2.75, 3.05) is 7.05 Å². The lowest BCUT2D eigenvalue weighted by Crippen LogP contribution is -2.27. The van der Waals surface area contributed by atoms with Crippen molar-refractivity contribution in [1.82, 2.24) is 20.0 Å². The summed E-state index contributed by atoms with van der Waals surface area (Å²) in [5.41, 5.74) is 4.98. The van der Waals surface area contributed by atoms with E-state index in [1.807, 2.05) is 72.5 Å². The fourth-order valence-electron chi connectivity index (χ4n) is 4.06. The summed E-state index contributed by atoms with van der Waals surface area (Å²) in [6.45, 7) is 4.24. The summed E-state index contributed by atoms with van der Waals surface area (Å²) in [6.07, 6.45) is 16.0. The molecule has 0 spiro atoms. The molecule has 0 saturated heterocycles. The van der Waals surface area contributed by atoms with Crippen LogP contribution in [0.25, 0.3) is 0 Å². The van der Waals surface area contributed by atoms with Gasteiger partial charge in [-0.1, -0.05) is 73.4 Å². The van der Waals surface area contributed by atoms with Crippen LogP contribution in [0.3, 0.4) is 0 Å². The van der Waals surface area contributed by atoms with Gasteiger partial charge in [-0.15, -0.1) is 0 Å². The minimum absolute atomic E-state index is 0.185. The molecular formula is C27H27N5O. The van der Waals surface area contributed by atoms with Crippen LogP contribution >= 0.6 is 0 Å². The summed E-state index contributed by atoms with van der Waals surface area (Å²) < 4.78 is 1.87. The van der Waals surface area contributed by atoms with E-state index < -0.39 is 0 Å². The van der Waals surface area contributed by atoms with Gasteiger partial charge in [0.25, 0.3) is 0 Å². The molecule has 1 aromatic carbocycles. The van der Waals surface area contributed by atoms with E-state index in [0.29, 0.717) is 30.7 Å². The second kappa shape index (κ2) is 9.92. The van der Waals surface area contributed by atoms with Gasteiger partial charge in [0.1, 0.15) is 11.9 Å². The number of hydrogen-bond donors (Lipinski definition) is 2. The molecule has 0 amide bonds. The van der Waals surface area contributed by atoms with Crippen molar-refractivity contribution in [3.8, 4) is 11.8 Å². The van der Waals surface area contributed by atoms with Crippen LogP contribution in [0.1, 0.15) is 29.5 Å². The number of aromatic hydroxyl groups is 1. The maximum atomic E-state index is 11.2. The predicted molar refractivity (Wildman–Crippen MR) is 130 cm³/mol. The van der Waals surface area contributed by atoms with E-state index in [2.05, 4.69) is 35.0 Å². The third kappa shape index (κ3) is 4.68. The first kappa shape index (κ1) is 22.0. The predicted octanol–water partition coefficient (Wildman–Crippen LogP) is 4.63. The van der Waals surface area contributed by atoms with Crippen LogP contribution < -0.4 is 5.32 Å². The average Bonchev–Trinajstić information content (AvgIpc) is 3.19. The lowest BCUT2D eigenvalue weighted by molar-refractivity contribution is 0.296. The second-order valence-corrected chi connectivity index (χ2v) is 7.91. The van der Waals surface area contributed by atoms with Gasteiger partial charge in [-0.3, -0.25) is 4.68 Å². The standard InChI is InChI=1S/C27H27N5O/c1-3-4-5-6-10-15-24-26(33)25(30-32(24)19-20-12-8-7-9-13-20)27-29-22-17-21(18-28)14-11-16-23(22)31(27)2/h3-14,17,27,29,33H,1,15-16,19H2,2H3/b5-4-,10-6-. The van der Waals surface area contributed by atoms with Crippen molar-refractivity contribution in [3.63, 3.8) is 0 Å². The third-order valence-corrected chi connectivity index (χ3v) is 5.75. The zero-order valence-electron chi connectivity index (χ0n) is 18.6.